The van der Waals surface area contributed by atoms with Crippen molar-refractivity contribution in [2.75, 3.05) is 19.8 Å². The van der Waals surface area contributed by atoms with E-state index in [0.29, 0.717) is 13.0 Å². The second-order valence-electron chi connectivity index (χ2n) is 11.4. The number of carbonyl (C=O) groups is 1. The molecular formula is C23H29Na2O10P. The van der Waals surface area contributed by atoms with E-state index in [1.807, 2.05) is 0 Å². The second-order valence-corrected chi connectivity index (χ2v) is 12.5. The molecule has 3 saturated heterocycles. The normalized spacial score (nSPS) is 48.7. The van der Waals surface area contributed by atoms with Gasteiger partial charge in [0.25, 0.3) is 0 Å². The maximum Gasteiger partial charge on any atom is 1.00 e. The van der Waals surface area contributed by atoms with Crippen LogP contribution < -0.4 is 68.9 Å². The van der Waals surface area contributed by atoms with E-state index in [1.165, 1.54) is 0 Å². The summed E-state index contributed by atoms with van der Waals surface area (Å²) in [5.74, 6) is 0.125. The molecule has 0 unspecified atom stereocenters. The monoisotopic (exact) mass is 542 g/mol. The second kappa shape index (κ2) is 8.83. The van der Waals surface area contributed by atoms with Crippen LogP contribution in [0.25, 0.3) is 0 Å². The van der Waals surface area contributed by atoms with Gasteiger partial charge in [0.15, 0.2) is 5.60 Å². The first-order chi connectivity index (χ1) is 16.0. The summed E-state index contributed by atoms with van der Waals surface area (Å²) in [6.07, 6.45) is 1.89. The third-order valence-electron chi connectivity index (χ3n) is 9.89. The molecule has 0 aromatic carbocycles. The molecule has 4 heterocycles. The van der Waals surface area contributed by atoms with Crippen molar-refractivity contribution in [3.05, 3.63) is 11.1 Å². The predicted octanol–water partition coefficient (Wildman–Crippen LogP) is -5.63. The number of esters is 1. The summed E-state index contributed by atoms with van der Waals surface area (Å²) < 4.78 is 46.7. The number of fused-ring (bicyclic) bond motifs is 4. The number of rotatable bonds is 7. The molecular weight excluding hydrogens is 513 g/mol. The van der Waals surface area contributed by atoms with Gasteiger partial charge in [0.1, 0.15) is 36.1 Å². The van der Waals surface area contributed by atoms with E-state index < -0.39 is 24.6 Å². The average molecular weight is 542 g/mol. The first kappa shape index (κ1) is 28.7. The molecule has 0 aromatic rings. The van der Waals surface area contributed by atoms with Crippen LogP contribution >= 0.6 is 7.82 Å². The molecule has 10 nitrogen and oxygen atoms in total. The topological polar surface area (TPSA) is 146 Å². The van der Waals surface area contributed by atoms with Crippen LogP contribution in [-0.2, 0) is 37.6 Å². The van der Waals surface area contributed by atoms with Crippen LogP contribution in [0, 0.1) is 17.3 Å². The van der Waals surface area contributed by atoms with Crippen molar-refractivity contribution >= 4 is 13.8 Å². The zero-order chi connectivity index (χ0) is 23.9. The molecule has 7 rings (SSSR count). The van der Waals surface area contributed by atoms with E-state index in [-0.39, 0.29) is 126 Å². The molecule has 0 amide bonds. The average Bonchev–Trinajstić information content (AvgIpc) is 3.65. The largest absolute Gasteiger partial charge is 1.00 e. The number of phosphoric acid groups is 1. The Kier molecular flexibility index (Phi) is 7.03. The van der Waals surface area contributed by atoms with E-state index >= 15 is 0 Å². The summed E-state index contributed by atoms with van der Waals surface area (Å²) in [6, 6.07) is 0. The molecule has 2 saturated carbocycles. The van der Waals surface area contributed by atoms with Gasteiger partial charge in [-0.25, -0.2) is 4.79 Å². The number of hydrogen-bond acceptors (Lipinski definition) is 10. The first-order valence-corrected chi connectivity index (χ1v) is 13.7. The smallest absolute Gasteiger partial charge is 0.790 e. The number of epoxide rings is 3. The number of hydrogen-bond donors (Lipinski definition) is 0. The van der Waals surface area contributed by atoms with Gasteiger partial charge in [-0.3, -0.25) is 0 Å². The SMILES string of the molecule is CC(C)[C@]12O[C@H]1[C@H]1O[C@]13[C@]1(O[C@H]1C[C@H]1C4=C(CC[C@@]13C)C(=O)OC4)[C@@H]2OCCCOP(=O)([O-])[O-].[Na+].[Na+]. The Bertz CT molecular complexity index is 1060. The number of cyclic esters (lactones) is 1. The van der Waals surface area contributed by atoms with Crippen LogP contribution in [-0.4, -0.2) is 67.0 Å². The van der Waals surface area contributed by atoms with Crippen LogP contribution in [0.15, 0.2) is 11.1 Å². The van der Waals surface area contributed by atoms with E-state index in [4.69, 9.17) is 23.7 Å². The standard InChI is InChI=1S/C23H31O10P.2Na/c1-11(2)21-16(32-21)17-23(33-17)20(3)6-5-12-13(10-29-18(12)24)14(20)9-15-22(23,31-15)19(21)28-7-4-8-30-34(25,26)27;;/h11,14-17,19H,4-10H2,1-3H3,(H2,25,26,27);;/q;2*+1/p-2/t14-,15-,16-,17+,19+,20-,21-,22+,23+;;/m0../s1. The number of ether oxygens (including phenoxy) is 5. The Morgan fingerprint density at radius 2 is 1.89 bits per heavy atom. The van der Waals surface area contributed by atoms with E-state index in [1.54, 1.807) is 0 Å². The molecule has 0 aromatic heterocycles. The Morgan fingerprint density at radius 1 is 1.14 bits per heavy atom. The summed E-state index contributed by atoms with van der Waals surface area (Å²) in [6.45, 7) is 6.84. The minimum atomic E-state index is -5.01. The summed E-state index contributed by atoms with van der Waals surface area (Å²) in [4.78, 5) is 33.8. The fourth-order valence-electron chi connectivity index (χ4n) is 8.35. The minimum Gasteiger partial charge on any atom is -0.790 e. The molecule has 0 bridgehead atoms. The predicted molar refractivity (Wildman–Crippen MR) is 109 cm³/mol. The summed E-state index contributed by atoms with van der Waals surface area (Å²) in [5.41, 5.74) is -0.0250. The zero-order valence-corrected chi connectivity index (χ0v) is 26.3. The van der Waals surface area contributed by atoms with E-state index in [0.717, 1.165) is 24.0 Å². The van der Waals surface area contributed by atoms with Crippen LogP contribution in [0.2, 0.25) is 0 Å². The maximum atomic E-state index is 12.3. The third kappa shape index (κ3) is 3.38. The maximum absolute atomic E-state index is 12.3. The first-order valence-electron chi connectivity index (χ1n) is 12.2. The van der Waals surface area contributed by atoms with Crippen molar-refractivity contribution in [2.24, 2.45) is 17.3 Å². The van der Waals surface area contributed by atoms with Crippen molar-refractivity contribution in [3.8, 4) is 0 Å². The molecule has 13 heteroatoms. The van der Waals surface area contributed by atoms with Crippen LogP contribution in [0.1, 0.15) is 46.5 Å². The molecule has 0 radical (unpaired) electrons. The molecule has 9 atom stereocenters. The molecule has 2 spiro atoms. The fraction of sp³-hybridized carbons (Fsp3) is 0.870. The van der Waals surface area contributed by atoms with Gasteiger partial charge in [0.05, 0.1) is 20.5 Å². The Labute approximate surface area is 254 Å². The molecule has 3 aliphatic carbocycles. The van der Waals surface area contributed by atoms with Gasteiger partial charge in [0, 0.05) is 17.6 Å². The fourth-order valence-corrected chi connectivity index (χ4v) is 8.71. The summed E-state index contributed by atoms with van der Waals surface area (Å²) in [7, 11) is -5.01. The van der Waals surface area contributed by atoms with Crippen molar-refractivity contribution in [3.63, 3.8) is 0 Å². The molecule has 4 aliphatic heterocycles. The Morgan fingerprint density at radius 3 is 2.58 bits per heavy atom. The van der Waals surface area contributed by atoms with Crippen molar-refractivity contribution < 1.29 is 106 Å². The van der Waals surface area contributed by atoms with Gasteiger partial charge < -0.3 is 42.6 Å². The molecule has 0 N–H and O–H groups in total. The van der Waals surface area contributed by atoms with Gasteiger partial charge in [-0.1, -0.05) is 20.8 Å². The molecule has 36 heavy (non-hydrogen) atoms. The molecule has 7 aliphatic rings. The molecule has 5 fully saturated rings. The van der Waals surface area contributed by atoms with Gasteiger partial charge in [-0.15, -0.1) is 0 Å². The summed E-state index contributed by atoms with van der Waals surface area (Å²) >= 11 is 0. The quantitative estimate of drug-likeness (QED) is 0.100. The Hall–Kier alpha value is 1.16. The van der Waals surface area contributed by atoms with Gasteiger partial charge in [0.2, 0.25) is 0 Å². The zero-order valence-electron chi connectivity index (χ0n) is 21.4. The van der Waals surface area contributed by atoms with Crippen LogP contribution in [0.5, 0.6) is 0 Å². The van der Waals surface area contributed by atoms with E-state index in [2.05, 4.69) is 25.3 Å². The van der Waals surface area contributed by atoms with Crippen molar-refractivity contribution in [1.29, 1.82) is 0 Å². The van der Waals surface area contributed by atoms with Crippen LogP contribution in [0.4, 0.5) is 0 Å². The molecule has 188 valence electrons. The van der Waals surface area contributed by atoms with Crippen molar-refractivity contribution in [1.82, 2.24) is 0 Å². The number of phosphoric ester groups is 1. The Balaban J connectivity index is 0.00000133. The van der Waals surface area contributed by atoms with E-state index in [9.17, 15) is 19.1 Å². The van der Waals surface area contributed by atoms with Gasteiger partial charge in [-0.05, 0) is 43.1 Å². The third-order valence-corrected chi connectivity index (χ3v) is 10.4. The minimum absolute atomic E-state index is 0. The van der Waals surface area contributed by atoms with Crippen molar-refractivity contribution in [2.45, 2.75) is 87.7 Å². The number of carbonyl (C=O) groups excluding carboxylic acids is 1. The summed E-state index contributed by atoms with van der Waals surface area (Å²) in [5, 5.41) is 0. The van der Waals surface area contributed by atoms with Crippen LogP contribution in [0.3, 0.4) is 0 Å². The van der Waals surface area contributed by atoms with Gasteiger partial charge >= 0.3 is 65.1 Å². The van der Waals surface area contributed by atoms with Gasteiger partial charge in [-0.2, -0.15) is 0 Å².